The molecule has 0 radical (unpaired) electrons. The Morgan fingerprint density at radius 1 is 0.741 bits per heavy atom. The highest BCUT2D eigenvalue weighted by molar-refractivity contribution is 7.29. The Balaban J connectivity index is 1.70. The van der Waals surface area contributed by atoms with Crippen LogP contribution in [0.2, 0.25) is 0 Å². The molecule has 27 heavy (non-hydrogen) atoms. The number of hydrogen-bond donors (Lipinski definition) is 1. The van der Waals surface area contributed by atoms with Gasteiger partial charge in [0.1, 0.15) is 0 Å². The summed E-state index contributed by atoms with van der Waals surface area (Å²) in [7, 11) is 0. The molecule has 0 unspecified atom stereocenters. The maximum Gasteiger partial charge on any atom is 0.0863 e. The predicted octanol–water partition coefficient (Wildman–Crippen LogP) is 8.24. The Bertz CT molecular complexity index is 1050. The van der Waals surface area contributed by atoms with Crippen molar-refractivity contribution in [1.29, 1.82) is 0 Å². The molecular formula is C22H21NS4. The number of nitrogen functional groups attached to an aromatic ring is 1. The SMILES string of the molecule is CCC1(CC)c2cc(-c3ccc(C)s3)sc2-c2sc(-c3ccc(N)s3)cc21. The number of hydrogen-bond acceptors (Lipinski definition) is 5. The average Bonchev–Trinajstić information content (AvgIpc) is 3.41. The molecule has 1 aliphatic rings. The van der Waals surface area contributed by atoms with Crippen LogP contribution in [0.4, 0.5) is 5.00 Å². The van der Waals surface area contributed by atoms with E-state index in [0.29, 0.717) is 0 Å². The molecule has 2 N–H and O–H groups in total. The van der Waals surface area contributed by atoms with Gasteiger partial charge >= 0.3 is 0 Å². The van der Waals surface area contributed by atoms with Gasteiger partial charge < -0.3 is 5.73 Å². The highest BCUT2D eigenvalue weighted by atomic mass is 32.1. The van der Waals surface area contributed by atoms with Crippen LogP contribution in [0.25, 0.3) is 29.3 Å². The Morgan fingerprint density at radius 2 is 1.30 bits per heavy atom. The molecule has 1 aliphatic carbocycles. The molecule has 0 bridgehead atoms. The maximum absolute atomic E-state index is 5.99. The summed E-state index contributed by atoms with van der Waals surface area (Å²) in [6, 6.07) is 13.6. The van der Waals surface area contributed by atoms with E-state index >= 15 is 0 Å². The van der Waals surface area contributed by atoms with Crippen LogP contribution in [0.15, 0.2) is 36.4 Å². The van der Waals surface area contributed by atoms with Crippen molar-refractivity contribution in [3.63, 3.8) is 0 Å². The topological polar surface area (TPSA) is 26.0 Å². The molecule has 0 spiro atoms. The zero-order valence-electron chi connectivity index (χ0n) is 15.6. The minimum atomic E-state index is 0.156. The van der Waals surface area contributed by atoms with Gasteiger partial charge in [-0.25, -0.2) is 0 Å². The monoisotopic (exact) mass is 427 g/mol. The number of nitrogens with two attached hydrogens (primary N) is 1. The van der Waals surface area contributed by atoms with E-state index in [4.69, 9.17) is 5.73 Å². The molecule has 0 amide bonds. The lowest BCUT2D eigenvalue weighted by Gasteiger charge is -2.28. The first-order valence-corrected chi connectivity index (χ1v) is 12.5. The highest BCUT2D eigenvalue weighted by Gasteiger charge is 2.44. The van der Waals surface area contributed by atoms with Gasteiger partial charge in [-0.3, -0.25) is 0 Å². The Labute approximate surface area is 176 Å². The molecule has 1 nitrogen and oxygen atoms in total. The summed E-state index contributed by atoms with van der Waals surface area (Å²) >= 11 is 7.52. The van der Waals surface area contributed by atoms with Crippen molar-refractivity contribution in [2.75, 3.05) is 5.73 Å². The third-order valence-corrected chi connectivity index (χ3v) is 10.5. The van der Waals surface area contributed by atoms with Crippen LogP contribution in [-0.4, -0.2) is 0 Å². The van der Waals surface area contributed by atoms with Gasteiger partial charge in [-0.2, -0.15) is 0 Å². The lowest BCUT2D eigenvalue weighted by molar-refractivity contribution is 0.492. The standard InChI is InChI=1S/C22H21NS4/c1-4-22(5-2)13-10-17(15-7-6-12(3)24-15)26-20(13)21-14(22)11-18(27-21)16-8-9-19(23)25-16/h6-11H,4-5,23H2,1-3H3. The molecule has 0 saturated carbocycles. The average molecular weight is 428 g/mol. The van der Waals surface area contributed by atoms with Crippen LogP contribution in [0.3, 0.4) is 0 Å². The second-order valence-electron chi connectivity index (χ2n) is 7.11. The zero-order chi connectivity index (χ0) is 18.8. The molecule has 0 fully saturated rings. The Hall–Kier alpha value is -1.40. The van der Waals surface area contributed by atoms with Crippen LogP contribution in [0, 0.1) is 6.92 Å². The van der Waals surface area contributed by atoms with Crippen molar-refractivity contribution in [1.82, 2.24) is 0 Å². The molecule has 5 heteroatoms. The van der Waals surface area contributed by atoms with E-state index in [1.807, 2.05) is 40.1 Å². The van der Waals surface area contributed by atoms with Crippen molar-refractivity contribution >= 4 is 50.3 Å². The van der Waals surface area contributed by atoms with Crippen molar-refractivity contribution in [3.8, 4) is 29.3 Å². The van der Waals surface area contributed by atoms with Crippen LogP contribution in [-0.2, 0) is 5.41 Å². The number of anilines is 1. The Kier molecular flexibility index (Phi) is 4.13. The molecule has 138 valence electrons. The van der Waals surface area contributed by atoms with Crippen molar-refractivity contribution in [2.24, 2.45) is 0 Å². The van der Waals surface area contributed by atoms with Crippen LogP contribution >= 0.6 is 45.3 Å². The molecule has 4 aromatic rings. The first-order valence-electron chi connectivity index (χ1n) is 9.27. The zero-order valence-corrected chi connectivity index (χ0v) is 18.9. The van der Waals surface area contributed by atoms with E-state index in [1.165, 1.54) is 39.7 Å². The molecule has 5 rings (SSSR count). The second-order valence-corrected chi connectivity index (χ2v) is 11.6. The van der Waals surface area contributed by atoms with Gasteiger partial charge in [0.25, 0.3) is 0 Å². The van der Waals surface area contributed by atoms with E-state index in [-0.39, 0.29) is 5.41 Å². The quantitative estimate of drug-likeness (QED) is 0.348. The predicted molar refractivity (Wildman–Crippen MR) is 125 cm³/mol. The summed E-state index contributed by atoms with van der Waals surface area (Å²) < 4.78 is 0. The summed E-state index contributed by atoms with van der Waals surface area (Å²) in [5.74, 6) is 0. The summed E-state index contributed by atoms with van der Waals surface area (Å²) in [6.45, 7) is 6.87. The molecule has 4 heterocycles. The van der Waals surface area contributed by atoms with E-state index in [9.17, 15) is 0 Å². The maximum atomic E-state index is 5.99. The number of fused-ring (bicyclic) bond motifs is 3. The lowest BCUT2D eigenvalue weighted by atomic mass is 9.75. The number of aryl methyl sites for hydroxylation is 1. The van der Waals surface area contributed by atoms with Gasteiger partial charge in [0.15, 0.2) is 0 Å². The Morgan fingerprint density at radius 3 is 1.74 bits per heavy atom. The van der Waals surface area contributed by atoms with Crippen molar-refractivity contribution in [3.05, 3.63) is 52.4 Å². The summed E-state index contributed by atoms with van der Waals surface area (Å²) in [5, 5.41) is 0.892. The summed E-state index contributed by atoms with van der Waals surface area (Å²) in [5.41, 5.74) is 9.23. The first-order chi connectivity index (χ1) is 13.1. The highest BCUT2D eigenvalue weighted by Crippen LogP contribution is 2.61. The van der Waals surface area contributed by atoms with Gasteiger partial charge in [-0.1, -0.05) is 13.8 Å². The number of thiophene rings is 4. The van der Waals surface area contributed by atoms with Crippen LogP contribution in [0.5, 0.6) is 0 Å². The van der Waals surface area contributed by atoms with Gasteiger partial charge in [-0.05, 0) is 67.3 Å². The third kappa shape index (κ3) is 2.52. The lowest BCUT2D eigenvalue weighted by Crippen LogP contribution is -2.22. The molecule has 0 aliphatic heterocycles. The van der Waals surface area contributed by atoms with Gasteiger partial charge in [-0.15, -0.1) is 45.3 Å². The van der Waals surface area contributed by atoms with Crippen LogP contribution in [0.1, 0.15) is 42.7 Å². The number of rotatable bonds is 4. The van der Waals surface area contributed by atoms with E-state index in [2.05, 4.69) is 51.1 Å². The van der Waals surface area contributed by atoms with Gasteiger partial charge in [0, 0.05) is 39.6 Å². The minimum absolute atomic E-state index is 0.156. The van der Waals surface area contributed by atoms with E-state index in [1.54, 1.807) is 16.9 Å². The molecule has 0 aromatic carbocycles. The third-order valence-electron chi connectivity index (χ3n) is 5.76. The fourth-order valence-corrected chi connectivity index (χ4v) is 8.76. The van der Waals surface area contributed by atoms with E-state index in [0.717, 1.165) is 17.8 Å². The first kappa shape index (κ1) is 17.7. The molecule has 4 aromatic heterocycles. The van der Waals surface area contributed by atoms with Crippen molar-refractivity contribution < 1.29 is 0 Å². The summed E-state index contributed by atoms with van der Waals surface area (Å²) in [6.07, 6.45) is 2.29. The van der Waals surface area contributed by atoms with Crippen molar-refractivity contribution in [2.45, 2.75) is 39.0 Å². The molecular weight excluding hydrogens is 407 g/mol. The second kappa shape index (κ2) is 6.31. The fraction of sp³-hybridized carbons (Fsp3) is 0.273. The smallest absolute Gasteiger partial charge is 0.0863 e. The fourth-order valence-electron chi connectivity index (χ4n) is 4.28. The molecule has 0 saturated heterocycles. The largest absolute Gasteiger partial charge is 0.391 e. The van der Waals surface area contributed by atoms with Crippen LogP contribution < -0.4 is 5.73 Å². The van der Waals surface area contributed by atoms with Gasteiger partial charge in [0.05, 0.1) is 5.00 Å². The normalized spacial score (nSPS) is 14.5. The summed E-state index contributed by atoms with van der Waals surface area (Å²) in [4.78, 5) is 9.84. The van der Waals surface area contributed by atoms with Gasteiger partial charge in [0.2, 0.25) is 0 Å². The van der Waals surface area contributed by atoms with E-state index < -0.39 is 0 Å². The molecule has 0 atom stereocenters. The minimum Gasteiger partial charge on any atom is -0.391 e.